The molecule has 0 radical (unpaired) electrons. The van der Waals surface area contributed by atoms with Crippen LogP contribution < -0.4 is 11.2 Å². The molecule has 9 atom stereocenters. The highest BCUT2D eigenvalue weighted by Gasteiger charge is 2.56. The van der Waals surface area contributed by atoms with Gasteiger partial charge in [-0.3, -0.25) is 14.3 Å². The van der Waals surface area contributed by atoms with Crippen molar-refractivity contribution in [1.82, 2.24) is 9.55 Å². The van der Waals surface area contributed by atoms with Crippen molar-refractivity contribution in [3.63, 3.8) is 0 Å². The molecule has 0 aliphatic carbocycles. The summed E-state index contributed by atoms with van der Waals surface area (Å²) in [6.45, 7) is 1.11. The minimum atomic E-state index is -1.81. The predicted octanol–water partition coefficient (Wildman–Crippen LogP) is 3.85. The van der Waals surface area contributed by atoms with Gasteiger partial charge in [0.15, 0.2) is 30.8 Å². The van der Waals surface area contributed by atoms with Crippen LogP contribution in [0, 0.1) is 0 Å². The average molecular weight is 821 g/mol. The lowest BCUT2D eigenvalue weighted by molar-refractivity contribution is -0.317. The quantitative estimate of drug-likeness (QED) is 0.128. The van der Waals surface area contributed by atoms with Crippen molar-refractivity contribution in [2.75, 3.05) is 6.61 Å². The maximum absolute atomic E-state index is 14.0. The van der Waals surface area contributed by atoms with E-state index in [-0.39, 0.29) is 28.7 Å². The van der Waals surface area contributed by atoms with Gasteiger partial charge < -0.3 is 38.3 Å². The van der Waals surface area contributed by atoms with E-state index >= 15 is 0 Å². The molecule has 2 fully saturated rings. The SMILES string of the molecule is CC[C@H]1O[C@@H](n2ccc(=O)[nH]c2=O)C(OC2OC(COC(=O)c3ccccc3)C(OC(=O)c3ccccc3)C(OC(=O)c3ccccc3)C2OC(=O)c2ccccc2)[C@H]1O. The van der Waals surface area contributed by atoms with Crippen molar-refractivity contribution in [2.45, 2.75) is 68.6 Å². The molecule has 1 aromatic heterocycles. The van der Waals surface area contributed by atoms with Gasteiger partial charge in [-0.05, 0) is 55.0 Å². The van der Waals surface area contributed by atoms with Crippen LogP contribution in [0.3, 0.4) is 0 Å². The zero-order chi connectivity index (χ0) is 42.2. The van der Waals surface area contributed by atoms with Crippen LogP contribution in [0.15, 0.2) is 143 Å². The molecular weight excluding hydrogens is 780 g/mol. The molecule has 7 rings (SSSR count). The third-order valence-electron chi connectivity index (χ3n) is 9.87. The smallest absolute Gasteiger partial charge is 0.338 e. The summed E-state index contributed by atoms with van der Waals surface area (Å²) in [4.78, 5) is 82.2. The number of ether oxygens (including phenoxy) is 7. The first-order chi connectivity index (χ1) is 29.1. The van der Waals surface area contributed by atoms with Crippen LogP contribution in [0.1, 0.15) is 61.0 Å². The lowest BCUT2D eigenvalue weighted by Gasteiger charge is -2.45. The normalized spacial score (nSPS) is 24.8. The fraction of sp³-hybridized carbons (Fsp3) is 0.273. The van der Waals surface area contributed by atoms with E-state index in [1.54, 1.807) is 79.7 Å². The van der Waals surface area contributed by atoms with E-state index in [2.05, 4.69) is 4.98 Å². The van der Waals surface area contributed by atoms with Crippen molar-refractivity contribution in [2.24, 2.45) is 0 Å². The number of carbonyl (C=O) groups is 4. The van der Waals surface area contributed by atoms with Gasteiger partial charge in [0.2, 0.25) is 0 Å². The number of aliphatic hydroxyl groups is 1. The molecule has 3 heterocycles. The zero-order valence-corrected chi connectivity index (χ0v) is 32.0. The number of rotatable bonds is 13. The van der Waals surface area contributed by atoms with Gasteiger partial charge in [-0.1, -0.05) is 79.7 Å². The summed E-state index contributed by atoms with van der Waals surface area (Å²) in [6.07, 6.45) is -12.2. The van der Waals surface area contributed by atoms with Crippen molar-refractivity contribution in [3.8, 4) is 0 Å². The number of carbonyl (C=O) groups excluding carboxylic acids is 4. The van der Waals surface area contributed by atoms with Crippen LogP contribution in [0.4, 0.5) is 0 Å². The summed E-state index contributed by atoms with van der Waals surface area (Å²) in [5.41, 5.74) is -1.11. The standard InChI is InChI=1S/C44H40N2O14/c1-2-30-33(48)35(38(55-30)46-24-23-32(47)45-44(46)53)60-43-37(59-42(52)29-21-13-6-14-22-29)36(58-41(51)28-19-11-5-12-20-28)34(57-40(50)27-17-9-4-10-18-27)31(56-43)25-54-39(49)26-15-7-3-8-16-26/h3-24,30-31,33-38,43,48H,2,25H2,1H3,(H,45,47,53)/t30-,31?,33+,34?,35?,36?,37?,38-,43?/m1/s1. The molecule has 0 amide bonds. The lowest BCUT2D eigenvalue weighted by atomic mass is 9.97. The average Bonchev–Trinajstić information content (AvgIpc) is 3.59. The van der Waals surface area contributed by atoms with Gasteiger partial charge in [-0.25, -0.2) is 24.0 Å². The van der Waals surface area contributed by atoms with E-state index in [1.165, 1.54) is 48.5 Å². The van der Waals surface area contributed by atoms with Crippen LogP contribution in [-0.2, 0) is 33.2 Å². The molecule has 310 valence electrons. The molecule has 5 aromatic rings. The highest BCUT2D eigenvalue weighted by atomic mass is 16.7. The Balaban J connectivity index is 1.33. The van der Waals surface area contributed by atoms with Gasteiger partial charge >= 0.3 is 29.6 Å². The molecule has 16 nitrogen and oxygen atoms in total. The van der Waals surface area contributed by atoms with Gasteiger partial charge in [0.1, 0.15) is 24.9 Å². The number of benzene rings is 4. The molecular formula is C44H40N2O14. The Bertz CT molecular complexity index is 2370. The van der Waals surface area contributed by atoms with Crippen LogP contribution in [0.5, 0.6) is 0 Å². The number of aliphatic hydroxyl groups excluding tert-OH is 1. The molecule has 2 N–H and O–H groups in total. The second kappa shape index (κ2) is 18.9. The predicted molar refractivity (Wildman–Crippen MR) is 209 cm³/mol. The summed E-state index contributed by atoms with van der Waals surface area (Å²) in [6, 6.07) is 32.7. The molecule has 2 aliphatic rings. The van der Waals surface area contributed by atoms with Crippen LogP contribution >= 0.6 is 0 Å². The minimum Gasteiger partial charge on any atom is -0.459 e. The monoisotopic (exact) mass is 820 g/mol. The van der Waals surface area contributed by atoms with E-state index in [1.807, 2.05) is 0 Å². The van der Waals surface area contributed by atoms with Crippen molar-refractivity contribution >= 4 is 23.9 Å². The molecule has 60 heavy (non-hydrogen) atoms. The number of nitrogens with one attached hydrogen (secondary N) is 1. The summed E-state index contributed by atoms with van der Waals surface area (Å²) < 4.78 is 43.9. The van der Waals surface area contributed by atoms with Gasteiger partial charge in [0, 0.05) is 12.3 Å². The number of hydrogen-bond acceptors (Lipinski definition) is 14. The van der Waals surface area contributed by atoms with Crippen molar-refractivity contribution in [1.29, 1.82) is 0 Å². The third kappa shape index (κ3) is 9.43. The first-order valence-electron chi connectivity index (χ1n) is 19.1. The minimum absolute atomic E-state index is 0.0779. The van der Waals surface area contributed by atoms with Crippen LogP contribution in [-0.4, -0.2) is 94.2 Å². The van der Waals surface area contributed by atoms with E-state index in [9.17, 15) is 33.9 Å². The summed E-state index contributed by atoms with van der Waals surface area (Å²) >= 11 is 0. The Labute approximate surface area is 342 Å². The Morgan fingerprint density at radius 2 is 1.07 bits per heavy atom. The molecule has 0 saturated carbocycles. The number of aromatic nitrogens is 2. The maximum atomic E-state index is 14.0. The van der Waals surface area contributed by atoms with E-state index in [0.717, 1.165) is 16.8 Å². The molecule has 2 aliphatic heterocycles. The highest BCUT2D eigenvalue weighted by molar-refractivity contribution is 5.91. The van der Waals surface area contributed by atoms with Gasteiger partial charge in [0.25, 0.3) is 5.56 Å². The molecule has 16 heteroatoms. The fourth-order valence-corrected chi connectivity index (χ4v) is 6.85. The van der Waals surface area contributed by atoms with Crippen molar-refractivity contribution < 1.29 is 57.4 Å². The molecule has 2 saturated heterocycles. The topological polar surface area (TPSA) is 208 Å². The number of esters is 4. The summed E-state index contributed by atoms with van der Waals surface area (Å²) in [5.74, 6) is -3.51. The van der Waals surface area contributed by atoms with E-state index in [4.69, 9.17) is 33.2 Å². The zero-order valence-electron chi connectivity index (χ0n) is 32.0. The molecule has 6 unspecified atom stereocenters. The Kier molecular flexibility index (Phi) is 13.1. The first-order valence-corrected chi connectivity index (χ1v) is 19.1. The second-order valence-corrected chi connectivity index (χ2v) is 13.8. The van der Waals surface area contributed by atoms with Crippen LogP contribution in [0.25, 0.3) is 0 Å². The fourth-order valence-electron chi connectivity index (χ4n) is 6.85. The number of H-pyrrole nitrogens is 1. The molecule has 0 spiro atoms. The van der Waals surface area contributed by atoms with Crippen LogP contribution in [0.2, 0.25) is 0 Å². The largest absolute Gasteiger partial charge is 0.459 e. The Hall–Kier alpha value is -6.72. The van der Waals surface area contributed by atoms with E-state index in [0.29, 0.717) is 0 Å². The summed E-state index contributed by atoms with van der Waals surface area (Å²) in [5, 5.41) is 11.6. The summed E-state index contributed by atoms with van der Waals surface area (Å²) in [7, 11) is 0. The van der Waals surface area contributed by atoms with E-state index < -0.39 is 97.0 Å². The number of nitrogens with zero attached hydrogens (tertiary/aromatic N) is 1. The third-order valence-corrected chi connectivity index (χ3v) is 9.87. The molecule has 0 bridgehead atoms. The number of hydrogen-bond donors (Lipinski definition) is 2. The molecule has 4 aromatic carbocycles. The maximum Gasteiger partial charge on any atom is 0.338 e. The second-order valence-electron chi connectivity index (χ2n) is 13.8. The van der Waals surface area contributed by atoms with Crippen molar-refractivity contribution in [3.05, 3.63) is 177 Å². The van der Waals surface area contributed by atoms with Gasteiger partial charge in [-0.2, -0.15) is 0 Å². The Morgan fingerprint density at radius 1 is 0.600 bits per heavy atom. The Morgan fingerprint density at radius 3 is 1.55 bits per heavy atom. The lowest BCUT2D eigenvalue weighted by Crippen LogP contribution is -2.64. The highest BCUT2D eigenvalue weighted by Crippen LogP contribution is 2.38. The van der Waals surface area contributed by atoms with Gasteiger partial charge in [0.05, 0.1) is 28.4 Å². The van der Waals surface area contributed by atoms with Gasteiger partial charge in [-0.15, -0.1) is 0 Å². The number of aromatic amines is 1. The first kappa shape index (κ1) is 41.4.